The first kappa shape index (κ1) is 24.5. The highest BCUT2D eigenvalue weighted by molar-refractivity contribution is 6.00. The number of carboxylic acids is 1. The zero-order chi connectivity index (χ0) is 26.5. The topological polar surface area (TPSA) is 124 Å². The number of halogens is 3. The van der Waals surface area contributed by atoms with Gasteiger partial charge in [0.1, 0.15) is 17.5 Å². The van der Waals surface area contributed by atoms with Gasteiger partial charge in [0.25, 0.3) is 0 Å². The smallest absolute Gasteiger partial charge is 0.416 e. The van der Waals surface area contributed by atoms with E-state index in [9.17, 15) is 27.9 Å². The Morgan fingerprint density at radius 3 is 2.38 bits per heavy atom. The zero-order valence-corrected chi connectivity index (χ0v) is 19.6. The summed E-state index contributed by atoms with van der Waals surface area (Å²) in [4.78, 5) is 28.7. The number of benzene rings is 2. The van der Waals surface area contributed by atoms with E-state index in [1.807, 2.05) is 0 Å². The first-order valence-electron chi connectivity index (χ1n) is 11.4. The number of hydrogen-bond donors (Lipinski definition) is 4. The van der Waals surface area contributed by atoms with Crippen LogP contribution in [0.25, 0.3) is 11.1 Å². The van der Waals surface area contributed by atoms with Gasteiger partial charge in [-0.1, -0.05) is 18.2 Å². The maximum Gasteiger partial charge on any atom is 0.416 e. The molecular formula is C25H23F3N6O3. The number of carbonyl (C=O) groups excluding carboxylic acids is 1. The van der Waals surface area contributed by atoms with Crippen LogP contribution in [0.3, 0.4) is 0 Å². The molecule has 9 nitrogen and oxygen atoms in total. The second-order valence-electron chi connectivity index (χ2n) is 8.98. The first-order valence-corrected chi connectivity index (χ1v) is 11.4. The highest BCUT2D eigenvalue weighted by atomic mass is 19.4. The molecule has 0 saturated heterocycles. The lowest BCUT2D eigenvalue weighted by Crippen LogP contribution is -2.52. The molecule has 0 bridgehead atoms. The molecule has 2 aromatic carbocycles. The Kier molecular flexibility index (Phi) is 5.80. The van der Waals surface area contributed by atoms with E-state index < -0.39 is 35.4 Å². The van der Waals surface area contributed by atoms with Gasteiger partial charge < -0.3 is 21.5 Å². The van der Waals surface area contributed by atoms with Gasteiger partial charge in [0, 0.05) is 30.2 Å². The van der Waals surface area contributed by atoms with Gasteiger partial charge in [-0.3, -0.25) is 9.80 Å². The van der Waals surface area contributed by atoms with Crippen LogP contribution in [0.5, 0.6) is 0 Å². The molecule has 1 atom stereocenters. The van der Waals surface area contributed by atoms with E-state index in [-0.39, 0.29) is 5.69 Å². The number of urea groups is 1. The Morgan fingerprint density at radius 2 is 1.76 bits per heavy atom. The number of anilines is 3. The highest BCUT2D eigenvalue weighted by Gasteiger charge is 2.61. The van der Waals surface area contributed by atoms with Crippen LogP contribution < -0.4 is 21.4 Å². The molecule has 192 valence electrons. The average molecular weight is 512 g/mol. The van der Waals surface area contributed by atoms with E-state index in [0.717, 1.165) is 23.3 Å². The molecule has 0 spiro atoms. The summed E-state index contributed by atoms with van der Waals surface area (Å²) in [7, 11) is 1.74. The fraction of sp³-hybridized carbons (Fsp3) is 0.240. The monoisotopic (exact) mass is 512 g/mol. The number of hydrazine groups is 1. The summed E-state index contributed by atoms with van der Waals surface area (Å²) in [6.07, 6.45) is -2.62. The highest BCUT2D eigenvalue weighted by Crippen LogP contribution is 2.52. The molecule has 2 aliphatic rings. The summed E-state index contributed by atoms with van der Waals surface area (Å²) in [6.45, 7) is 0. The molecule has 37 heavy (non-hydrogen) atoms. The standard InChI is InChI=1S/C25H23F3N6O3/c1-33-21-19(20(29)34(33)24(10-11-24)22(35)36)18(9-12-30-21)14-5-7-16(8-6-14)31-23(37)32-17-4-2-3-15(13-17)25(26,27)28/h2-9,12-13,20H,10-11,29H2,1H3,(H,35,36)(H2,31,32,37). The molecule has 5 rings (SSSR count). The van der Waals surface area contributed by atoms with Crippen molar-refractivity contribution in [1.82, 2.24) is 9.99 Å². The molecule has 1 fully saturated rings. The molecule has 1 aliphatic heterocycles. The lowest BCUT2D eigenvalue weighted by molar-refractivity contribution is -0.146. The number of aromatic nitrogens is 1. The maximum absolute atomic E-state index is 12.9. The summed E-state index contributed by atoms with van der Waals surface area (Å²) in [5.41, 5.74) is 7.29. The molecule has 1 aliphatic carbocycles. The van der Waals surface area contributed by atoms with Gasteiger partial charge in [0.2, 0.25) is 0 Å². The van der Waals surface area contributed by atoms with Crippen molar-refractivity contribution >= 4 is 29.2 Å². The number of carboxylic acid groups (broad SMARTS) is 1. The lowest BCUT2D eigenvalue weighted by atomic mass is 9.99. The minimum absolute atomic E-state index is 0.00810. The summed E-state index contributed by atoms with van der Waals surface area (Å²) >= 11 is 0. The minimum Gasteiger partial charge on any atom is -0.480 e. The van der Waals surface area contributed by atoms with Crippen LogP contribution >= 0.6 is 0 Å². The van der Waals surface area contributed by atoms with Crippen molar-refractivity contribution in [2.45, 2.75) is 30.7 Å². The third-order valence-electron chi connectivity index (χ3n) is 6.62. The molecule has 2 heterocycles. The zero-order valence-electron chi connectivity index (χ0n) is 19.6. The maximum atomic E-state index is 12.9. The number of hydrogen-bond acceptors (Lipinski definition) is 6. The van der Waals surface area contributed by atoms with Crippen LogP contribution in [0.4, 0.5) is 35.2 Å². The lowest BCUT2D eigenvalue weighted by Gasteiger charge is -2.34. The minimum atomic E-state index is -4.52. The van der Waals surface area contributed by atoms with Crippen LogP contribution in [0.2, 0.25) is 0 Å². The Labute approximate surface area is 209 Å². The quantitative estimate of drug-likeness (QED) is 0.392. The van der Waals surface area contributed by atoms with Crippen molar-refractivity contribution in [3.8, 4) is 11.1 Å². The Bertz CT molecular complexity index is 1370. The van der Waals surface area contributed by atoms with Gasteiger partial charge in [-0.05, 0) is 60.4 Å². The fourth-order valence-corrected chi connectivity index (χ4v) is 4.69. The molecule has 3 aromatic rings. The number of carbonyl (C=O) groups is 2. The molecule has 2 amide bonds. The van der Waals surface area contributed by atoms with Crippen LogP contribution in [-0.4, -0.2) is 39.7 Å². The predicted octanol–water partition coefficient (Wildman–Crippen LogP) is 4.65. The van der Waals surface area contributed by atoms with Crippen LogP contribution in [0.1, 0.15) is 30.1 Å². The fourth-order valence-electron chi connectivity index (χ4n) is 4.69. The number of aliphatic carboxylic acids is 1. The van der Waals surface area contributed by atoms with E-state index in [2.05, 4.69) is 15.6 Å². The number of pyridine rings is 1. The second-order valence-corrected chi connectivity index (χ2v) is 8.98. The third kappa shape index (κ3) is 4.34. The molecule has 5 N–H and O–H groups in total. The number of amides is 2. The average Bonchev–Trinajstić information content (AvgIpc) is 3.61. The third-order valence-corrected chi connectivity index (χ3v) is 6.62. The molecule has 1 aromatic heterocycles. The van der Waals surface area contributed by atoms with Gasteiger partial charge in [-0.15, -0.1) is 0 Å². The summed E-state index contributed by atoms with van der Waals surface area (Å²) in [6, 6.07) is 12.3. The van der Waals surface area contributed by atoms with Crippen molar-refractivity contribution in [3.05, 3.63) is 71.9 Å². The van der Waals surface area contributed by atoms with Gasteiger partial charge >= 0.3 is 18.2 Å². The number of nitrogens with two attached hydrogens (primary N) is 1. The van der Waals surface area contributed by atoms with E-state index in [1.165, 1.54) is 12.1 Å². The molecule has 1 saturated carbocycles. The van der Waals surface area contributed by atoms with Crippen molar-refractivity contribution in [2.75, 3.05) is 22.7 Å². The van der Waals surface area contributed by atoms with E-state index >= 15 is 0 Å². The number of rotatable bonds is 5. The summed E-state index contributed by atoms with van der Waals surface area (Å²) in [5.74, 6) is -0.358. The second kappa shape index (κ2) is 8.75. The predicted molar refractivity (Wildman–Crippen MR) is 131 cm³/mol. The largest absolute Gasteiger partial charge is 0.480 e. The molecular weight excluding hydrogens is 489 g/mol. The van der Waals surface area contributed by atoms with Crippen molar-refractivity contribution in [2.24, 2.45) is 5.73 Å². The number of alkyl halides is 3. The normalized spacial score (nSPS) is 18.3. The molecule has 0 radical (unpaired) electrons. The number of fused-ring (bicyclic) bond motifs is 1. The van der Waals surface area contributed by atoms with Crippen LogP contribution in [0, 0.1) is 0 Å². The van der Waals surface area contributed by atoms with E-state index in [1.54, 1.807) is 53.6 Å². The van der Waals surface area contributed by atoms with Gasteiger partial charge in [0.05, 0.1) is 5.56 Å². The number of nitrogens with one attached hydrogen (secondary N) is 2. The van der Waals surface area contributed by atoms with Crippen LogP contribution in [0.15, 0.2) is 60.8 Å². The van der Waals surface area contributed by atoms with E-state index in [0.29, 0.717) is 29.9 Å². The first-order chi connectivity index (χ1) is 17.5. The Balaban J connectivity index is 1.33. The Hall–Kier alpha value is -4.16. The number of nitrogens with zero attached hydrogens (tertiary/aromatic N) is 3. The van der Waals surface area contributed by atoms with Gasteiger partial charge in [-0.2, -0.15) is 18.2 Å². The SMILES string of the molecule is CN1c2nccc(-c3ccc(NC(=O)Nc4cccc(C(F)(F)F)c4)cc3)c2C(N)N1C1(C(=O)O)CC1. The van der Waals surface area contributed by atoms with Crippen molar-refractivity contribution < 1.29 is 27.9 Å². The Morgan fingerprint density at radius 1 is 1.08 bits per heavy atom. The summed E-state index contributed by atoms with van der Waals surface area (Å²) < 4.78 is 38.7. The summed E-state index contributed by atoms with van der Waals surface area (Å²) in [5, 5.41) is 18.1. The molecule has 12 heteroatoms. The van der Waals surface area contributed by atoms with Crippen molar-refractivity contribution in [1.29, 1.82) is 0 Å². The molecule has 1 unspecified atom stereocenters. The van der Waals surface area contributed by atoms with Gasteiger partial charge in [0.15, 0.2) is 0 Å². The van der Waals surface area contributed by atoms with Crippen molar-refractivity contribution in [3.63, 3.8) is 0 Å². The van der Waals surface area contributed by atoms with E-state index in [4.69, 9.17) is 5.73 Å². The van der Waals surface area contributed by atoms with Gasteiger partial charge in [-0.25, -0.2) is 9.78 Å². The van der Waals surface area contributed by atoms with Crippen LogP contribution in [-0.2, 0) is 11.0 Å².